The summed E-state index contributed by atoms with van der Waals surface area (Å²) in [5.41, 5.74) is 6.79. The zero-order valence-electron chi connectivity index (χ0n) is 10.2. The Morgan fingerprint density at radius 1 is 1.47 bits per heavy atom. The average molecular weight is 298 g/mol. The van der Waals surface area contributed by atoms with Gasteiger partial charge in [-0.2, -0.15) is 0 Å². The Balaban J connectivity index is 2.23. The van der Waals surface area contributed by atoms with Gasteiger partial charge in [0.05, 0.1) is 6.10 Å². The summed E-state index contributed by atoms with van der Waals surface area (Å²) in [5, 5.41) is 10.6. The van der Waals surface area contributed by atoms with Gasteiger partial charge < -0.3 is 10.8 Å². The Morgan fingerprint density at radius 2 is 2.12 bits per heavy atom. The van der Waals surface area contributed by atoms with Crippen LogP contribution in [0.1, 0.15) is 37.9 Å². The molecule has 1 aromatic carbocycles. The van der Waals surface area contributed by atoms with Crippen molar-refractivity contribution in [2.45, 2.75) is 32.3 Å². The highest BCUT2D eigenvalue weighted by Crippen LogP contribution is 2.49. The fourth-order valence-corrected chi connectivity index (χ4v) is 3.24. The molecule has 1 aromatic rings. The molecule has 0 radical (unpaired) electrons. The first kappa shape index (κ1) is 13.1. The maximum Gasteiger partial charge on any atom is 0.0858 e. The molecule has 0 spiro atoms. The highest BCUT2D eigenvalue weighted by atomic mass is 79.9. The number of halogens is 1. The van der Waals surface area contributed by atoms with Crippen LogP contribution in [0.5, 0.6) is 0 Å². The molecule has 2 rings (SSSR count). The van der Waals surface area contributed by atoms with E-state index in [0.29, 0.717) is 12.5 Å². The Kier molecular flexibility index (Phi) is 3.91. The fraction of sp³-hybridized carbons (Fsp3) is 0.571. The van der Waals surface area contributed by atoms with Crippen molar-refractivity contribution in [2.24, 2.45) is 17.1 Å². The Labute approximate surface area is 111 Å². The Morgan fingerprint density at radius 3 is 2.59 bits per heavy atom. The molecule has 3 unspecified atom stereocenters. The van der Waals surface area contributed by atoms with Crippen LogP contribution in [-0.4, -0.2) is 11.7 Å². The lowest BCUT2D eigenvalue weighted by atomic mass is 9.77. The molecule has 17 heavy (non-hydrogen) atoms. The van der Waals surface area contributed by atoms with E-state index in [2.05, 4.69) is 22.9 Å². The second kappa shape index (κ2) is 5.09. The summed E-state index contributed by atoms with van der Waals surface area (Å²) in [6.07, 6.45) is 2.79. The molecule has 0 aliphatic heterocycles. The summed E-state index contributed by atoms with van der Waals surface area (Å²) < 4.78 is 1.04. The molecule has 1 aliphatic carbocycles. The van der Waals surface area contributed by atoms with Crippen molar-refractivity contribution in [3.63, 3.8) is 0 Å². The zero-order valence-corrected chi connectivity index (χ0v) is 11.8. The lowest BCUT2D eigenvalue weighted by molar-refractivity contribution is 0.0308. The minimum absolute atomic E-state index is 0.118. The van der Waals surface area contributed by atoms with Gasteiger partial charge in [0.2, 0.25) is 0 Å². The van der Waals surface area contributed by atoms with Crippen LogP contribution in [0.15, 0.2) is 28.7 Å². The van der Waals surface area contributed by atoms with Gasteiger partial charge in [-0.1, -0.05) is 41.4 Å². The van der Waals surface area contributed by atoms with E-state index in [4.69, 9.17) is 5.73 Å². The molecule has 3 heteroatoms. The third-order valence-electron chi connectivity index (χ3n) is 4.06. The Hall–Kier alpha value is -0.380. The van der Waals surface area contributed by atoms with E-state index in [1.165, 1.54) is 6.42 Å². The van der Waals surface area contributed by atoms with E-state index in [9.17, 15) is 5.11 Å². The topological polar surface area (TPSA) is 46.2 Å². The van der Waals surface area contributed by atoms with Crippen LogP contribution in [0.25, 0.3) is 0 Å². The number of hydrogen-bond acceptors (Lipinski definition) is 2. The van der Waals surface area contributed by atoms with Crippen molar-refractivity contribution in [1.82, 2.24) is 0 Å². The van der Waals surface area contributed by atoms with Crippen LogP contribution < -0.4 is 5.73 Å². The molecule has 2 nitrogen and oxygen atoms in total. The monoisotopic (exact) mass is 297 g/mol. The first-order valence-corrected chi connectivity index (χ1v) is 7.00. The van der Waals surface area contributed by atoms with Crippen molar-refractivity contribution in [2.75, 3.05) is 6.54 Å². The van der Waals surface area contributed by atoms with Crippen LogP contribution in [0, 0.1) is 11.3 Å². The second-order valence-electron chi connectivity index (χ2n) is 5.37. The minimum atomic E-state index is -0.439. The molecular weight excluding hydrogens is 278 g/mol. The van der Waals surface area contributed by atoms with E-state index in [1.54, 1.807) is 0 Å². The molecule has 3 atom stereocenters. The average Bonchev–Trinajstić information content (AvgIpc) is 2.72. The normalized spacial score (nSPS) is 30.5. The number of hydrogen-bond donors (Lipinski definition) is 2. The lowest BCUT2D eigenvalue weighted by Crippen LogP contribution is -2.34. The molecular formula is C14H20BrNO. The number of rotatable bonds is 3. The van der Waals surface area contributed by atoms with Gasteiger partial charge >= 0.3 is 0 Å². The molecule has 0 amide bonds. The molecule has 0 bridgehead atoms. The molecule has 1 fully saturated rings. The minimum Gasteiger partial charge on any atom is -0.388 e. The second-order valence-corrected chi connectivity index (χ2v) is 6.28. The quantitative estimate of drug-likeness (QED) is 0.900. The molecule has 0 aromatic heterocycles. The SMILES string of the molecule is CC1CCC(CN)(C(O)c2ccc(Br)cc2)C1. The maximum atomic E-state index is 10.6. The molecule has 0 saturated heterocycles. The van der Waals surface area contributed by atoms with Crippen LogP contribution in [0.2, 0.25) is 0 Å². The largest absolute Gasteiger partial charge is 0.388 e. The Bertz CT molecular complexity index is 378. The van der Waals surface area contributed by atoms with Crippen LogP contribution in [-0.2, 0) is 0 Å². The summed E-state index contributed by atoms with van der Waals surface area (Å²) in [7, 11) is 0. The van der Waals surface area contributed by atoms with Gasteiger partial charge in [0.15, 0.2) is 0 Å². The third kappa shape index (κ3) is 2.56. The predicted octanol–water partition coefficient (Wildman–Crippen LogP) is 3.25. The predicted molar refractivity (Wildman–Crippen MR) is 73.6 cm³/mol. The van der Waals surface area contributed by atoms with Crippen molar-refractivity contribution in [3.8, 4) is 0 Å². The summed E-state index contributed by atoms with van der Waals surface area (Å²) >= 11 is 3.41. The van der Waals surface area contributed by atoms with Gasteiger partial charge in [0.25, 0.3) is 0 Å². The van der Waals surface area contributed by atoms with Crippen molar-refractivity contribution >= 4 is 15.9 Å². The number of aliphatic hydroxyl groups is 1. The number of nitrogens with two attached hydrogens (primary N) is 1. The van der Waals surface area contributed by atoms with E-state index in [-0.39, 0.29) is 5.41 Å². The van der Waals surface area contributed by atoms with Gasteiger partial charge in [-0.15, -0.1) is 0 Å². The van der Waals surface area contributed by atoms with E-state index in [0.717, 1.165) is 22.9 Å². The molecule has 3 N–H and O–H groups in total. The van der Waals surface area contributed by atoms with Crippen molar-refractivity contribution < 1.29 is 5.11 Å². The van der Waals surface area contributed by atoms with Crippen molar-refractivity contribution in [1.29, 1.82) is 0 Å². The third-order valence-corrected chi connectivity index (χ3v) is 4.59. The lowest BCUT2D eigenvalue weighted by Gasteiger charge is -2.33. The van der Waals surface area contributed by atoms with E-state index in [1.807, 2.05) is 24.3 Å². The fourth-order valence-electron chi connectivity index (χ4n) is 2.98. The molecule has 1 aliphatic rings. The smallest absolute Gasteiger partial charge is 0.0858 e. The van der Waals surface area contributed by atoms with E-state index >= 15 is 0 Å². The first-order chi connectivity index (χ1) is 8.07. The standard InChI is InChI=1S/C14H20BrNO/c1-10-6-7-14(8-10,9-16)13(17)11-2-4-12(15)5-3-11/h2-5,10,13,17H,6-9,16H2,1H3. The summed E-state index contributed by atoms with van der Waals surface area (Å²) in [5.74, 6) is 0.670. The zero-order chi connectivity index (χ0) is 12.5. The van der Waals surface area contributed by atoms with Crippen molar-refractivity contribution in [3.05, 3.63) is 34.3 Å². The highest BCUT2D eigenvalue weighted by Gasteiger charge is 2.42. The summed E-state index contributed by atoms with van der Waals surface area (Å²) in [4.78, 5) is 0. The van der Waals surface area contributed by atoms with Gasteiger partial charge in [-0.05, 0) is 36.5 Å². The summed E-state index contributed by atoms with van der Waals surface area (Å²) in [6, 6.07) is 7.91. The number of benzene rings is 1. The van der Waals surface area contributed by atoms with Gasteiger partial charge in [0, 0.05) is 16.4 Å². The maximum absolute atomic E-state index is 10.6. The van der Waals surface area contributed by atoms with Gasteiger partial charge in [-0.25, -0.2) is 0 Å². The van der Waals surface area contributed by atoms with Crippen LogP contribution in [0.4, 0.5) is 0 Å². The van der Waals surface area contributed by atoms with Gasteiger partial charge in [-0.3, -0.25) is 0 Å². The first-order valence-electron chi connectivity index (χ1n) is 6.21. The molecule has 1 saturated carbocycles. The number of aliphatic hydroxyl groups excluding tert-OH is 1. The molecule has 94 valence electrons. The van der Waals surface area contributed by atoms with Crippen LogP contribution in [0.3, 0.4) is 0 Å². The highest BCUT2D eigenvalue weighted by molar-refractivity contribution is 9.10. The van der Waals surface area contributed by atoms with Crippen LogP contribution >= 0.6 is 15.9 Å². The summed E-state index contributed by atoms with van der Waals surface area (Å²) in [6.45, 7) is 2.81. The van der Waals surface area contributed by atoms with Gasteiger partial charge in [0.1, 0.15) is 0 Å². The molecule has 0 heterocycles. The van der Waals surface area contributed by atoms with E-state index < -0.39 is 6.10 Å².